The van der Waals surface area contributed by atoms with E-state index < -0.39 is 11.7 Å². The van der Waals surface area contributed by atoms with Gasteiger partial charge in [0, 0.05) is 12.5 Å². The van der Waals surface area contributed by atoms with Gasteiger partial charge in [-0.2, -0.15) is 0 Å². The van der Waals surface area contributed by atoms with Crippen LogP contribution in [0.3, 0.4) is 0 Å². The third-order valence-electron chi connectivity index (χ3n) is 12.6. The number of aliphatic hydroxyl groups is 2. The number of methoxy groups -OCH3 is 1. The molecule has 0 heterocycles. The van der Waals surface area contributed by atoms with E-state index >= 15 is 0 Å². The Morgan fingerprint density at radius 2 is 1.81 bits per heavy atom. The fraction of sp³-hybridized carbons (Fsp3) is 0.724. The molecule has 0 saturated heterocycles. The van der Waals surface area contributed by atoms with Gasteiger partial charge < -0.3 is 14.9 Å². The van der Waals surface area contributed by atoms with Crippen LogP contribution >= 0.6 is 0 Å². The summed E-state index contributed by atoms with van der Waals surface area (Å²) in [6.45, 7) is 4.93. The summed E-state index contributed by atoms with van der Waals surface area (Å²) in [4.78, 5) is 0. The second-order valence-corrected chi connectivity index (χ2v) is 12.9. The third-order valence-corrected chi connectivity index (χ3v) is 12.6. The topological polar surface area (TPSA) is 49.7 Å². The highest BCUT2D eigenvalue weighted by molar-refractivity contribution is 5.41. The molecule has 11 atom stereocenters. The highest BCUT2D eigenvalue weighted by atomic mass is 16.5. The quantitative estimate of drug-likeness (QED) is 0.657. The Hall–Kier alpha value is -1.32. The maximum atomic E-state index is 12.4. The van der Waals surface area contributed by atoms with Crippen molar-refractivity contribution in [3.8, 4) is 0 Å². The van der Waals surface area contributed by atoms with Gasteiger partial charge in [0.05, 0.1) is 11.7 Å². The molecule has 5 saturated carbocycles. The van der Waals surface area contributed by atoms with Crippen LogP contribution < -0.4 is 0 Å². The van der Waals surface area contributed by atoms with Crippen LogP contribution in [0.5, 0.6) is 0 Å². The minimum Gasteiger partial charge on any atom is -0.512 e. The molecule has 0 aliphatic heterocycles. The number of benzene rings is 1. The Morgan fingerprint density at radius 1 is 1.03 bits per heavy atom. The largest absolute Gasteiger partial charge is 0.512 e. The number of hydrogen-bond donors (Lipinski definition) is 2. The predicted molar refractivity (Wildman–Crippen MR) is 124 cm³/mol. The zero-order valence-electron chi connectivity index (χ0n) is 19.8. The number of hydrogen-bond acceptors (Lipinski definition) is 3. The molecule has 1 aromatic carbocycles. The van der Waals surface area contributed by atoms with Crippen molar-refractivity contribution in [1.82, 2.24) is 0 Å². The van der Waals surface area contributed by atoms with Crippen LogP contribution in [-0.4, -0.2) is 29.0 Å². The number of aliphatic hydroxyl groups excluding tert-OH is 1. The molecule has 0 aromatic heterocycles. The minimum absolute atomic E-state index is 0.0517. The van der Waals surface area contributed by atoms with E-state index in [1.165, 1.54) is 44.1 Å². The van der Waals surface area contributed by atoms with Crippen LogP contribution in [0.1, 0.15) is 57.9 Å². The molecule has 172 valence electrons. The van der Waals surface area contributed by atoms with Gasteiger partial charge in [-0.15, -0.1) is 0 Å². The Bertz CT molecular complexity index is 987. The molecular formula is C29H38O3. The lowest BCUT2D eigenvalue weighted by Gasteiger charge is -2.61. The first-order chi connectivity index (χ1) is 15.3. The summed E-state index contributed by atoms with van der Waals surface area (Å²) in [5.74, 6) is 3.59. The zero-order valence-corrected chi connectivity index (χ0v) is 19.8. The molecule has 5 fully saturated rings. The fourth-order valence-corrected chi connectivity index (χ4v) is 11.6. The number of fused-ring (bicyclic) bond motifs is 3. The van der Waals surface area contributed by atoms with Crippen molar-refractivity contribution in [2.24, 2.45) is 51.8 Å². The second kappa shape index (κ2) is 6.02. The first-order valence-electron chi connectivity index (χ1n) is 13.0. The maximum absolute atomic E-state index is 12.4. The lowest BCUT2D eigenvalue weighted by molar-refractivity contribution is -0.187. The van der Waals surface area contributed by atoms with Crippen LogP contribution in [0.15, 0.2) is 42.2 Å². The third kappa shape index (κ3) is 1.90. The predicted octanol–water partition coefficient (Wildman–Crippen LogP) is 5.54. The molecule has 2 N–H and O–H groups in total. The summed E-state index contributed by atoms with van der Waals surface area (Å²) in [7, 11) is 1.70. The van der Waals surface area contributed by atoms with E-state index in [1.807, 2.05) is 6.08 Å². The van der Waals surface area contributed by atoms with Crippen molar-refractivity contribution in [3.05, 3.63) is 47.7 Å². The molecule has 6 bridgehead atoms. The van der Waals surface area contributed by atoms with Crippen molar-refractivity contribution in [2.75, 3.05) is 7.11 Å². The van der Waals surface area contributed by atoms with E-state index in [2.05, 4.69) is 44.2 Å². The summed E-state index contributed by atoms with van der Waals surface area (Å²) >= 11 is 0. The summed E-state index contributed by atoms with van der Waals surface area (Å²) in [6.07, 6.45) is 10.4. The van der Waals surface area contributed by atoms with E-state index in [1.54, 1.807) is 7.11 Å². The highest BCUT2D eigenvalue weighted by Crippen LogP contribution is 2.88. The van der Waals surface area contributed by atoms with Crippen LogP contribution in [-0.2, 0) is 11.2 Å². The van der Waals surface area contributed by atoms with E-state index in [0.29, 0.717) is 23.0 Å². The molecule has 7 rings (SSSR count). The molecule has 1 spiro atoms. The lowest BCUT2D eigenvalue weighted by Crippen LogP contribution is -2.60. The molecular weight excluding hydrogens is 396 g/mol. The molecule has 6 aliphatic carbocycles. The van der Waals surface area contributed by atoms with Crippen LogP contribution in [0.25, 0.3) is 0 Å². The summed E-state index contributed by atoms with van der Waals surface area (Å²) < 4.78 is 5.84. The number of rotatable bonds is 3. The molecule has 0 amide bonds. The lowest BCUT2D eigenvalue weighted by atomic mass is 9.43. The van der Waals surface area contributed by atoms with Gasteiger partial charge in [-0.3, -0.25) is 0 Å². The minimum atomic E-state index is -0.976. The molecule has 6 aliphatic rings. The summed E-state index contributed by atoms with van der Waals surface area (Å²) in [6, 6.07) is 11.1. The zero-order chi connectivity index (χ0) is 22.1. The van der Waals surface area contributed by atoms with Crippen molar-refractivity contribution in [3.63, 3.8) is 0 Å². The number of ether oxygens (including phenoxy) is 1. The van der Waals surface area contributed by atoms with Gasteiger partial charge in [0.25, 0.3) is 0 Å². The average Bonchev–Trinajstić information content (AvgIpc) is 3.34. The monoisotopic (exact) mass is 434 g/mol. The standard InChI is InChI=1S/C29H38O3/c1-26-14-20-12-21-10-9-18-15-28(21,16-19(18)11-17-7-5-4-6-8-17)27(26,2)24(20)25-22(30)13-23(32-3)29(25,26)31/h4-8,13,18-21,23-25,30-31H,9-12,14-16H2,1-3H3/t18-,19-,20+,21-,23-,24+,25+,26+,27+,28-,29-/m1/s1. The normalized spacial score (nSPS) is 56.8. The van der Waals surface area contributed by atoms with Gasteiger partial charge in [0.15, 0.2) is 0 Å². The molecule has 0 unspecified atom stereocenters. The molecule has 1 aromatic rings. The first-order valence-corrected chi connectivity index (χ1v) is 13.0. The fourth-order valence-electron chi connectivity index (χ4n) is 11.6. The summed E-state index contributed by atoms with van der Waals surface area (Å²) in [5.41, 5.74) is 0.625. The van der Waals surface area contributed by atoms with Crippen LogP contribution in [0.4, 0.5) is 0 Å². The van der Waals surface area contributed by atoms with Crippen LogP contribution in [0.2, 0.25) is 0 Å². The molecule has 3 nitrogen and oxygen atoms in total. The van der Waals surface area contributed by atoms with E-state index in [4.69, 9.17) is 4.74 Å². The van der Waals surface area contributed by atoms with Gasteiger partial charge >= 0.3 is 0 Å². The second-order valence-electron chi connectivity index (χ2n) is 12.9. The van der Waals surface area contributed by atoms with Gasteiger partial charge in [-0.1, -0.05) is 44.2 Å². The molecule has 3 heteroatoms. The molecule has 0 radical (unpaired) electrons. The maximum Gasteiger partial charge on any atom is 0.110 e. The first kappa shape index (κ1) is 20.1. The van der Waals surface area contributed by atoms with Crippen molar-refractivity contribution >= 4 is 0 Å². The molecule has 32 heavy (non-hydrogen) atoms. The Morgan fingerprint density at radius 3 is 2.56 bits per heavy atom. The van der Waals surface area contributed by atoms with E-state index in [-0.39, 0.29) is 16.7 Å². The summed E-state index contributed by atoms with van der Waals surface area (Å²) in [5, 5.41) is 23.5. The van der Waals surface area contributed by atoms with Crippen molar-refractivity contribution in [1.29, 1.82) is 0 Å². The van der Waals surface area contributed by atoms with Crippen molar-refractivity contribution in [2.45, 2.75) is 70.5 Å². The van der Waals surface area contributed by atoms with Gasteiger partial charge in [0.1, 0.15) is 11.7 Å². The smallest absolute Gasteiger partial charge is 0.110 e. The van der Waals surface area contributed by atoms with Crippen molar-refractivity contribution < 1.29 is 14.9 Å². The Kier molecular flexibility index (Phi) is 3.78. The van der Waals surface area contributed by atoms with E-state index in [9.17, 15) is 10.2 Å². The average molecular weight is 435 g/mol. The van der Waals surface area contributed by atoms with Gasteiger partial charge in [-0.05, 0) is 97.0 Å². The van der Waals surface area contributed by atoms with Gasteiger partial charge in [0.2, 0.25) is 0 Å². The van der Waals surface area contributed by atoms with Gasteiger partial charge in [-0.25, -0.2) is 0 Å². The highest BCUT2D eigenvalue weighted by Gasteiger charge is 2.87. The van der Waals surface area contributed by atoms with E-state index in [0.717, 1.165) is 24.2 Å². The Labute approximate surface area is 192 Å². The van der Waals surface area contributed by atoms with Crippen LogP contribution in [0, 0.1) is 51.8 Å². The SMILES string of the molecule is CO[C@@H]1C=C(O)[C@H]2[C@@H]3[C@H]4C[C@H]5CC[C@@H]6C[C@]5(C[C@H]6Cc5ccccc5)[C@]3(C)[C@](C)(C4)[C@@]12O. The Balaban J connectivity index is 1.34.